The van der Waals surface area contributed by atoms with Gasteiger partial charge in [0, 0.05) is 23.0 Å². The molecule has 1 aromatic rings. The van der Waals surface area contributed by atoms with Crippen LogP contribution in [0, 0.1) is 6.92 Å². The summed E-state index contributed by atoms with van der Waals surface area (Å²) < 4.78 is 0. The minimum Gasteiger partial charge on any atom is -0.261 e. The molecule has 3 heteroatoms. The van der Waals surface area contributed by atoms with Crippen molar-refractivity contribution in [2.75, 3.05) is 0 Å². The minimum absolute atomic E-state index is 0.513. The monoisotopic (exact) mass is 187 g/mol. The number of halogens is 2. The van der Waals surface area contributed by atoms with E-state index in [1.54, 1.807) is 6.20 Å². The Kier molecular flexibility index (Phi) is 2.92. The van der Waals surface area contributed by atoms with Crippen molar-refractivity contribution in [3.63, 3.8) is 0 Å². The first-order chi connectivity index (χ1) is 5.24. The molecule has 0 saturated carbocycles. The average Bonchev–Trinajstić information content (AvgIpc) is 2.05. The summed E-state index contributed by atoms with van der Waals surface area (Å²) in [5.41, 5.74) is 3.13. The van der Waals surface area contributed by atoms with Gasteiger partial charge in [-0.1, -0.05) is 29.3 Å². The largest absolute Gasteiger partial charge is 0.261 e. The van der Waals surface area contributed by atoms with Gasteiger partial charge in [-0.25, -0.2) is 0 Å². The van der Waals surface area contributed by atoms with E-state index in [1.807, 2.05) is 19.1 Å². The van der Waals surface area contributed by atoms with Gasteiger partial charge < -0.3 is 0 Å². The highest BCUT2D eigenvalue weighted by atomic mass is 35.5. The highest BCUT2D eigenvalue weighted by molar-refractivity contribution is 6.52. The van der Waals surface area contributed by atoms with Gasteiger partial charge in [-0.05, 0) is 13.0 Å². The number of rotatable bonds is 1. The third kappa shape index (κ3) is 2.21. The molecule has 0 spiro atoms. The first kappa shape index (κ1) is 8.57. The fraction of sp³-hybridized carbons (Fsp3) is 0.125. The molecule has 0 bridgehead atoms. The number of hydrogen-bond donors (Lipinski definition) is 0. The van der Waals surface area contributed by atoms with Crippen LogP contribution < -0.4 is 0 Å². The molecule has 0 aliphatic carbocycles. The summed E-state index contributed by atoms with van der Waals surface area (Å²) in [4.78, 5) is 4.06. The second-order valence-corrected chi connectivity index (χ2v) is 2.77. The molecule has 1 aromatic heterocycles. The maximum Gasteiger partial charge on any atom is 0.0606 e. The van der Waals surface area contributed by atoms with E-state index in [0.717, 1.165) is 11.3 Å². The van der Waals surface area contributed by atoms with Crippen molar-refractivity contribution >= 4 is 28.2 Å². The summed E-state index contributed by atoms with van der Waals surface area (Å²) in [7, 11) is 0. The van der Waals surface area contributed by atoms with Crippen LogP contribution in [0.1, 0.15) is 11.3 Å². The summed E-state index contributed by atoms with van der Waals surface area (Å²) >= 11 is 11.1. The van der Waals surface area contributed by atoms with Crippen LogP contribution in [0.2, 0.25) is 0 Å². The molecule has 0 atom stereocenters. The van der Waals surface area contributed by atoms with Crippen molar-refractivity contribution in [3.8, 4) is 0 Å². The number of pyridine rings is 1. The Morgan fingerprint density at radius 3 is 2.73 bits per heavy atom. The second kappa shape index (κ2) is 3.74. The minimum atomic E-state index is 0.513. The Morgan fingerprint density at radius 2 is 2.27 bits per heavy atom. The highest BCUT2D eigenvalue weighted by Crippen LogP contribution is 2.18. The lowest BCUT2D eigenvalue weighted by Crippen LogP contribution is -1.82. The van der Waals surface area contributed by atoms with Gasteiger partial charge in [0.2, 0.25) is 0 Å². The molecule has 0 aliphatic heterocycles. The van der Waals surface area contributed by atoms with Gasteiger partial charge in [0.1, 0.15) is 0 Å². The van der Waals surface area contributed by atoms with Crippen LogP contribution in [0.5, 0.6) is 0 Å². The van der Waals surface area contributed by atoms with E-state index in [9.17, 15) is 0 Å². The predicted molar refractivity (Wildman–Crippen MR) is 48.7 cm³/mol. The van der Waals surface area contributed by atoms with Crippen molar-refractivity contribution in [1.29, 1.82) is 0 Å². The van der Waals surface area contributed by atoms with E-state index >= 15 is 0 Å². The fourth-order valence-corrected chi connectivity index (χ4v) is 0.910. The van der Waals surface area contributed by atoms with E-state index in [-0.39, 0.29) is 0 Å². The standard InChI is InChI=1S/C8H7Cl2N/c1-6-2-3-7(5-11-6)8(10)4-9/h2-5H,1H3. The van der Waals surface area contributed by atoms with Crippen molar-refractivity contribution < 1.29 is 0 Å². The maximum absolute atomic E-state index is 5.73. The molecule has 0 saturated heterocycles. The van der Waals surface area contributed by atoms with E-state index in [4.69, 9.17) is 23.2 Å². The zero-order valence-electron chi connectivity index (χ0n) is 6.01. The first-order valence-electron chi connectivity index (χ1n) is 3.13. The van der Waals surface area contributed by atoms with Gasteiger partial charge in [0.15, 0.2) is 0 Å². The Morgan fingerprint density at radius 1 is 1.55 bits per heavy atom. The van der Waals surface area contributed by atoms with Crippen LogP contribution in [-0.2, 0) is 0 Å². The molecule has 0 aromatic carbocycles. The van der Waals surface area contributed by atoms with Crippen LogP contribution in [-0.4, -0.2) is 4.98 Å². The second-order valence-electron chi connectivity index (χ2n) is 2.15. The molecule has 0 aliphatic rings. The number of aromatic nitrogens is 1. The molecule has 1 rings (SSSR count). The summed E-state index contributed by atoms with van der Waals surface area (Å²) in [6.07, 6.45) is 1.69. The molecule has 1 nitrogen and oxygen atoms in total. The summed E-state index contributed by atoms with van der Waals surface area (Å²) in [6, 6.07) is 3.77. The lowest BCUT2D eigenvalue weighted by Gasteiger charge is -1.96. The molecule has 0 fully saturated rings. The van der Waals surface area contributed by atoms with Crippen molar-refractivity contribution in [1.82, 2.24) is 4.98 Å². The lowest BCUT2D eigenvalue weighted by molar-refractivity contribution is 1.19. The average molecular weight is 188 g/mol. The van der Waals surface area contributed by atoms with E-state index in [0.29, 0.717) is 5.03 Å². The quantitative estimate of drug-likeness (QED) is 0.659. The van der Waals surface area contributed by atoms with E-state index in [2.05, 4.69) is 4.98 Å². The fourth-order valence-electron chi connectivity index (χ4n) is 0.672. The molecule has 0 amide bonds. The van der Waals surface area contributed by atoms with Crippen LogP contribution in [0.4, 0.5) is 0 Å². The molecule has 58 valence electrons. The first-order valence-corrected chi connectivity index (χ1v) is 3.94. The van der Waals surface area contributed by atoms with Gasteiger partial charge in [-0.2, -0.15) is 0 Å². The summed E-state index contributed by atoms with van der Waals surface area (Å²) in [6.45, 7) is 1.92. The van der Waals surface area contributed by atoms with Crippen LogP contribution in [0.25, 0.3) is 5.03 Å². The Bertz CT molecular complexity index is 264. The van der Waals surface area contributed by atoms with E-state index < -0.39 is 0 Å². The highest BCUT2D eigenvalue weighted by Gasteiger charge is 1.95. The molecule has 0 unspecified atom stereocenters. The van der Waals surface area contributed by atoms with Crippen molar-refractivity contribution in [2.24, 2.45) is 0 Å². The van der Waals surface area contributed by atoms with Crippen LogP contribution in [0.3, 0.4) is 0 Å². The van der Waals surface area contributed by atoms with Crippen molar-refractivity contribution in [3.05, 3.63) is 35.1 Å². The SMILES string of the molecule is Cc1ccc(C(Cl)=CCl)cn1. The number of aryl methyl sites for hydroxylation is 1. The molecule has 0 radical (unpaired) electrons. The Hall–Kier alpha value is -0.530. The Labute approximate surface area is 75.7 Å². The normalized spacial score (nSPS) is 11.7. The zero-order chi connectivity index (χ0) is 8.27. The van der Waals surface area contributed by atoms with Gasteiger partial charge in [0.05, 0.1) is 5.03 Å². The van der Waals surface area contributed by atoms with E-state index in [1.165, 1.54) is 5.54 Å². The summed E-state index contributed by atoms with van der Waals surface area (Å²) in [5.74, 6) is 0. The van der Waals surface area contributed by atoms with Gasteiger partial charge in [-0.3, -0.25) is 4.98 Å². The zero-order valence-corrected chi connectivity index (χ0v) is 7.52. The van der Waals surface area contributed by atoms with Gasteiger partial charge in [0.25, 0.3) is 0 Å². The third-order valence-electron chi connectivity index (χ3n) is 1.28. The number of hydrogen-bond acceptors (Lipinski definition) is 1. The predicted octanol–water partition coefficient (Wildman–Crippen LogP) is 3.17. The van der Waals surface area contributed by atoms with Crippen LogP contribution in [0.15, 0.2) is 23.9 Å². The van der Waals surface area contributed by atoms with Crippen molar-refractivity contribution in [2.45, 2.75) is 6.92 Å². The summed E-state index contributed by atoms with van der Waals surface area (Å²) in [5, 5.41) is 0.513. The molecular weight excluding hydrogens is 181 g/mol. The van der Waals surface area contributed by atoms with Gasteiger partial charge in [-0.15, -0.1) is 0 Å². The molecular formula is C8H7Cl2N. The topological polar surface area (TPSA) is 12.9 Å². The number of nitrogens with zero attached hydrogens (tertiary/aromatic N) is 1. The van der Waals surface area contributed by atoms with Crippen LogP contribution >= 0.6 is 23.2 Å². The third-order valence-corrected chi connectivity index (χ3v) is 1.94. The lowest BCUT2D eigenvalue weighted by atomic mass is 10.2. The van der Waals surface area contributed by atoms with Gasteiger partial charge >= 0.3 is 0 Å². The molecule has 1 heterocycles. The smallest absolute Gasteiger partial charge is 0.0606 e. The Balaban J connectivity index is 2.99. The maximum atomic E-state index is 5.73. The molecule has 11 heavy (non-hydrogen) atoms. The molecule has 0 N–H and O–H groups in total.